The number of carbonyl (C=O) groups excluding carboxylic acids is 1. The Kier molecular flexibility index (Phi) is 5.19. The zero-order valence-corrected chi connectivity index (χ0v) is 15.1. The average Bonchev–Trinajstić information content (AvgIpc) is 3.11. The number of amides is 1. The summed E-state index contributed by atoms with van der Waals surface area (Å²) < 4.78 is 22.6. The summed E-state index contributed by atoms with van der Waals surface area (Å²) >= 11 is 6.23. The molecule has 3 rings (SSSR count). The number of halogens is 1. The highest BCUT2D eigenvalue weighted by atomic mass is 35.5. The molecule has 0 bridgehead atoms. The number of benzene rings is 1. The number of aryl methyl sites for hydroxylation is 1. The van der Waals surface area contributed by atoms with Crippen LogP contribution < -0.4 is 4.90 Å². The van der Waals surface area contributed by atoms with E-state index in [0.29, 0.717) is 16.4 Å². The molecule has 2 heterocycles. The zero-order chi connectivity index (χ0) is 18.7. The van der Waals surface area contributed by atoms with Gasteiger partial charge in [-0.15, -0.1) is 5.10 Å². The predicted octanol–water partition coefficient (Wildman–Crippen LogP) is 1.46. The molecule has 0 saturated carbocycles. The van der Waals surface area contributed by atoms with Gasteiger partial charge in [0, 0.05) is 6.20 Å². The van der Waals surface area contributed by atoms with Crippen molar-refractivity contribution in [2.45, 2.75) is 13.5 Å². The molecule has 0 unspecified atom stereocenters. The maximum atomic E-state index is 13.0. The second-order valence-corrected chi connectivity index (χ2v) is 6.60. The van der Waals surface area contributed by atoms with Crippen molar-refractivity contribution in [1.29, 1.82) is 0 Å². The van der Waals surface area contributed by atoms with Crippen LogP contribution in [-0.4, -0.2) is 41.1 Å². The van der Waals surface area contributed by atoms with Gasteiger partial charge in [0.15, 0.2) is 5.71 Å². The molecule has 0 N–H and O–H groups in total. The first-order valence-electron chi connectivity index (χ1n) is 7.39. The van der Waals surface area contributed by atoms with E-state index in [2.05, 4.69) is 20.2 Å². The highest BCUT2D eigenvalue weighted by Gasteiger charge is 2.29. The summed E-state index contributed by atoms with van der Waals surface area (Å²) in [4.78, 5) is 22.4. The minimum Gasteiger partial charge on any atom is -0.299 e. The summed E-state index contributed by atoms with van der Waals surface area (Å²) in [6.07, 6.45) is 4.13. The van der Waals surface area contributed by atoms with Crippen molar-refractivity contribution in [3.63, 3.8) is 0 Å². The number of hydrogen-bond acceptors (Lipinski definition) is 7. The lowest BCUT2D eigenvalue weighted by atomic mass is 10.2. The molecule has 0 saturated heterocycles. The topological polar surface area (TPSA) is 105 Å². The van der Waals surface area contributed by atoms with Gasteiger partial charge in [0.05, 0.1) is 41.1 Å². The number of anilines is 1. The number of nitrogens with zero attached hydrogens (tertiary/aromatic N) is 5. The van der Waals surface area contributed by atoms with Crippen LogP contribution >= 0.6 is 11.6 Å². The molecule has 1 aliphatic rings. The van der Waals surface area contributed by atoms with Crippen molar-refractivity contribution >= 4 is 50.3 Å². The van der Waals surface area contributed by atoms with Crippen molar-refractivity contribution in [2.75, 3.05) is 4.90 Å². The van der Waals surface area contributed by atoms with E-state index in [9.17, 15) is 13.2 Å². The summed E-state index contributed by atoms with van der Waals surface area (Å²) in [7, 11) is -2.64. The lowest BCUT2D eigenvalue weighted by Crippen LogP contribution is -2.39. The molecule has 2 aromatic rings. The molecule has 0 radical (unpaired) electrons. The first-order valence-corrected chi connectivity index (χ1v) is 8.84. The van der Waals surface area contributed by atoms with Gasteiger partial charge >= 0.3 is 0 Å². The van der Waals surface area contributed by atoms with Gasteiger partial charge in [-0.05, 0) is 19.1 Å². The van der Waals surface area contributed by atoms with Crippen LogP contribution in [0.25, 0.3) is 0 Å². The van der Waals surface area contributed by atoms with Crippen LogP contribution in [0.5, 0.6) is 0 Å². The Hall–Kier alpha value is -2.91. The zero-order valence-electron chi connectivity index (χ0n) is 13.5. The minimum atomic E-state index is -2.64. The molecule has 0 spiro atoms. The fraction of sp³-hybridized carbons (Fsp3) is 0.125. The SMILES string of the molecule is Cc1cnc(CN(C(=O)C2=NN=CC2=S(=O)=O)c2ccccc2Cl)cn1. The molecule has 0 aliphatic carbocycles. The van der Waals surface area contributed by atoms with Gasteiger partial charge in [-0.1, -0.05) is 23.7 Å². The third-order valence-electron chi connectivity index (χ3n) is 3.49. The quantitative estimate of drug-likeness (QED) is 0.736. The van der Waals surface area contributed by atoms with Crippen LogP contribution in [0, 0.1) is 6.92 Å². The van der Waals surface area contributed by atoms with Crippen molar-refractivity contribution in [1.82, 2.24) is 9.97 Å². The highest BCUT2D eigenvalue weighted by molar-refractivity contribution is 7.77. The lowest BCUT2D eigenvalue weighted by Gasteiger charge is -2.23. The summed E-state index contributed by atoms with van der Waals surface area (Å²) in [5.41, 5.74) is 1.36. The molecule has 0 atom stereocenters. The Morgan fingerprint density at radius 1 is 1.19 bits per heavy atom. The Bertz CT molecular complexity index is 1050. The van der Waals surface area contributed by atoms with Crippen molar-refractivity contribution in [2.24, 2.45) is 10.2 Å². The molecular weight excluding hydrogens is 378 g/mol. The molecular formula is C16H12ClN5O3S. The molecule has 1 amide bonds. The maximum Gasteiger partial charge on any atom is 0.280 e. The number of carbonyl (C=O) groups is 1. The molecule has 1 aromatic carbocycles. The number of para-hydroxylation sites is 1. The normalized spacial score (nSPS) is 12.8. The van der Waals surface area contributed by atoms with Gasteiger partial charge in [-0.25, -0.2) is 0 Å². The lowest BCUT2D eigenvalue weighted by molar-refractivity contribution is -0.112. The molecule has 26 heavy (non-hydrogen) atoms. The Morgan fingerprint density at radius 3 is 2.62 bits per heavy atom. The summed E-state index contributed by atoms with van der Waals surface area (Å²) in [6.45, 7) is 1.83. The Labute approximate surface area is 155 Å². The highest BCUT2D eigenvalue weighted by Crippen LogP contribution is 2.27. The van der Waals surface area contributed by atoms with Crippen LogP contribution in [0.15, 0.2) is 46.9 Å². The summed E-state index contributed by atoms with van der Waals surface area (Å²) in [6, 6.07) is 6.71. The molecule has 1 aromatic heterocycles. The fourth-order valence-corrected chi connectivity index (χ4v) is 2.90. The van der Waals surface area contributed by atoms with Crippen LogP contribution in [0.2, 0.25) is 5.02 Å². The smallest absolute Gasteiger partial charge is 0.280 e. The first kappa shape index (κ1) is 17.9. The third-order valence-corrected chi connectivity index (χ3v) is 4.47. The first-order chi connectivity index (χ1) is 12.5. The van der Waals surface area contributed by atoms with Gasteiger partial charge in [0.2, 0.25) is 10.3 Å². The van der Waals surface area contributed by atoms with E-state index in [1.807, 2.05) is 0 Å². The van der Waals surface area contributed by atoms with E-state index < -0.39 is 16.2 Å². The number of aromatic nitrogens is 2. The van der Waals surface area contributed by atoms with E-state index in [-0.39, 0.29) is 17.1 Å². The number of rotatable bonds is 4. The largest absolute Gasteiger partial charge is 0.299 e. The van der Waals surface area contributed by atoms with E-state index in [1.54, 1.807) is 37.4 Å². The average molecular weight is 390 g/mol. The van der Waals surface area contributed by atoms with Gasteiger partial charge in [0.1, 0.15) is 4.86 Å². The predicted molar refractivity (Wildman–Crippen MR) is 99.3 cm³/mol. The minimum absolute atomic E-state index is 0.0354. The van der Waals surface area contributed by atoms with E-state index in [4.69, 9.17) is 11.6 Å². The van der Waals surface area contributed by atoms with Crippen molar-refractivity contribution in [3.05, 3.63) is 53.1 Å². The monoisotopic (exact) mass is 389 g/mol. The number of hydrogen-bond donors (Lipinski definition) is 0. The van der Waals surface area contributed by atoms with Crippen LogP contribution in [0.4, 0.5) is 5.69 Å². The van der Waals surface area contributed by atoms with E-state index in [1.165, 1.54) is 11.1 Å². The standard InChI is InChI=1S/C16H12ClN5O3S/c1-10-6-19-11(7-18-10)9-22(13-5-3-2-4-12(13)17)16(23)15-14(26(24)25)8-20-21-15/h2-8H,9H2,1H3. The van der Waals surface area contributed by atoms with Crippen LogP contribution in [0.1, 0.15) is 11.4 Å². The van der Waals surface area contributed by atoms with Gasteiger partial charge < -0.3 is 0 Å². The molecule has 10 heteroatoms. The second kappa shape index (κ2) is 7.54. The van der Waals surface area contributed by atoms with Crippen molar-refractivity contribution < 1.29 is 13.2 Å². The Morgan fingerprint density at radius 2 is 1.96 bits per heavy atom. The van der Waals surface area contributed by atoms with Gasteiger partial charge in [0.25, 0.3) is 5.91 Å². The third kappa shape index (κ3) is 3.68. The van der Waals surface area contributed by atoms with E-state index >= 15 is 0 Å². The second-order valence-electron chi connectivity index (χ2n) is 5.28. The fourth-order valence-electron chi connectivity index (χ4n) is 2.25. The van der Waals surface area contributed by atoms with Gasteiger partial charge in [-0.3, -0.25) is 19.7 Å². The van der Waals surface area contributed by atoms with E-state index in [0.717, 1.165) is 11.9 Å². The molecule has 132 valence electrons. The molecule has 8 nitrogen and oxygen atoms in total. The summed E-state index contributed by atoms with van der Waals surface area (Å²) in [5, 5.41) is 7.51. The van der Waals surface area contributed by atoms with Crippen LogP contribution in [0.3, 0.4) is 0 Å². The Balaban J connectivity index is 2.03. The molecule has 1 aliphatic heterocycles. The maximum absolute atomic E-state index is 13.0. The summed E-state index contributed by atoms with van der Waals surface area (Å²) in [5.74, 6) is -0.655. The van der Waals surface area contributed by atoms with Crippen LogP contribution in [-0.2, 0) is 21.6 Å². The van der Waals surface area contributed by atoms with Gasteiger partial charge in [-0.2, -0.15) is 13.5 Å². The molecule has 0 fully saturated rings. The van der Waals surface area contributed by atoms with Crippen molar-refractivity contribution in [3.8, 4) is 0 Å².